The van der Waals surface area contributed by atoms with Crippen LogP contribution in [-0.2, 0) is 10.2 Å². The first-order valence-corrected chi connectivity index (χ1v) is 8.08. The maximum atomic E-state index is 14.5. The largest absolute Gasteiger partial charge is 0.481 e. The molecule has 0 aromatic heterocycles. The molecule has 0 heterocycles. The second kappa shape index (κ2) is 6.59. The first-order valence-electron chi connectivity index (χ1n) is 8.08. The van der Waals surface area contributed by atoms with Crippen molar-refractivity contribution in [3.63, 3.8) is 0 Å². The summed E-state index contributed by atoms with van der Waals surface area (Å²) < 4.78 is 14.5. The van der Waals surface area contributed by atoms with E-state index in [4.69, 9.17) is 0 Å². The fraction of sp³-hybridized carbons (Fsp3) is 0.611. The molecule has 2 rings (SSSR count). The van der Waals surface area contributed by atoms with Gasteiger partial charge in [0.1, 0.15) is 5.82 Å². The van der Waals surface area contributed by atoms with Gasteiger partial charge in [0.05, 0.1) is 5.41 Å². The van der Waals surface area contributed by atoms with Gasteiger partial charge in [0.15, 0.2) is 0 Å². The minimum Gasteiger partial charge on any atom is -0.481 e. The Morgan fingerprint density at radius 2 is 1.86 bits per heavy atom. The Morgan fingerprint density at radius 1 is 1.24 bits per heavy atom. The quantitative estimate of drug-likeness (QED) is 0.827. The molecule has 0 saturated heterocycles. The van der Waals surface area contributed by atoms with Crippen LogP contribution >= 0.6 is 0 Å². The summed E-state index contributed by atoms with van der Waals surface area (Å²) >= 11 is 0. The average molecular weight is 292 g/mol. The second-order valence-corrected chi connectivity index (χ2v) is 6.20. The summed E-state index contributed by atoms with van der Waals surface area (Å²) in [7, 11) is 0. The molecular formula is C18H25FO2. The van der Waals surface area contributed by atoms with Gasteiger partial charge in [-0.15, -0.1) is 0 Å². The van der Waals surface area contributed by atoms with Crippen LogP contribution in [0, 0.1) is 5.82 Å². The van der Waals surface area contributed by atoms with Gasteiger partial charge in [-0.2, -0.15) is 0 Å². The highest BCUT2D eigenvalue weighted by molar-refractivity contribution is 5.81. The van der Waals surface area contributed by atoms with Crippen molar-refractivity contribution in [2.75, 3.05) is 0 Å². The molecular weight excluding hydrogens is 267 g/mol. The summed E-state index contributed by atoms with van der Waals surface area (Å²) in [6.45, 7) is 4.11. The van der Waals surface area contributed by atoms with Crippen LogP contribution in [0.15, 0.2) is 18.2 Å². The van der Waals surface area contributed by atoms with Crippen molar-refractivity contribution in [2.45, 2.75) is 70.1 Å². The highest BCUT2D eigenvalue weighted by atomic mass is 19.1. The molecule has 1 aromatic carbocycles. The number of benzene rings is 1. The van der Waals surface area contributed by atoms with Crippen LogP contribution in [0.4, 0.5) is 4.39 Å². The van der Waals surface area contributed by atoms with Gasteiger partial charge in [-0.3, -0.25) is 4.79 Å². The third-order valence-electron chi connectivity index (χ3n) is 5.09. The van der Waals surface area contributed by atoms with Gasteiger partial charge < -0.3 is 5.11 Å². The Bertz CT molecular complexity index is 500. The number of aliphatic carboxylic acids is 1. The van der Waals surface area contributed by atoms with E-state index in [9.17, 15) is 14.3 Å². The van der Waals surface area contributed by atoms with Crippen LogP contribution in [0.1, 0.15) is 75.8 Å². The van der Waals surface area contributed by atoms with Crippen LogP contribution < -0.4 is 0 Å². The summed E-state index contributed by atoms with van der Waals surface area (Å²) in [6.07, 6.45) is 5.92. The Morgan fingerprint density at radius 3 is 2.33 bits per heavy atom. The smallest absolute Gasteiger partial charge is 0.314 e. The zero-order valence-electron chi connectivity index (χ0n) is 13.0. The molecule has 0 radical (unpaired) electrons. The van der Waals surface area contributed by atoms with Gasteiger partial charge in [0.25, 0.3) is 0 Å². The van der Waals surface area contributed by atoms with Crippen LogP contribution in [0.5, 0.6) is 0 Å². The molecule has 21 heavy (non-hydrogen) atoms. The molecule has 116 valence electrons. The summed E-state index contributed by atoms with van der Waals surface area (Å²) in [4.78, 5) is 11.8. The van der Waals surface area contributed by atoms with Crippen molar-refractivity contribution in [1.82, 2.24) is 0 Å². The van der Waals surface area contributed by atoms with Crippen LogP contribution in [0.2, 0.25) is 0 Å². The first kappa shape index (κ1) is 16.0. The number of carbonyl (C=O) groups is 1. The molecule has 2 nitrogen and oxygen atoms in total. The lowest BCUT2D eigenvalue weighted by Gasteiger charge is -2.34. The minimum absolute atomic E-state index is 0.214. The predicted octanol–water partition coefficient (Wildman–Crippen LogP) is 5.02. The van der Waals surface area contributed by atoms with Crippen molar-refractivity contribution >= 4 is 5.97 Å². The topological polar surface area (TPSA) is 37.3 Å². The predicted molar refractivity (Wildman–Crippen MR) is 82.1 cm³/mol. The molecule has 3 heteroatoms. The highest BCUT2D eigenvalue weighted by Crippen LogP contribution is 2.41. The molecule has 1 aliphatic rings. The van der Waals surface area contributed by atoms with Gasteiger partial charge in [0.2, 0.25) is 0 Å². The fourth-order valence-corrected chi connectivity index (χ4v) is 3.67. The number of carboxylic acids is 1. The fourth-order valence-electron chi connectivity index (χ4n) is 3.67. The minimum atomic E-state index is -0.883. The maximum Gasteiger partial charge on any atom is 0.314 e. The zero-order valence-corrected chi connectivity index (χ0v) is 13.0. The van der Waals surface area contributed by atoms with Gasteiger partial charge in [-0.1, -0.05) is 45.2 Å². The number of rotatable bonds is 5. The lowest BCUT2D eigenvalue weighted by Crippen LogP contribution is -2.38. The van der Waals surface area contributed by atoms with Gasteiger partial charge in [-0.05, 0) is 48.8 Å². The van der Waals surface area contributed by atoms with Gasteiger partial charge in [0, 0.05) is 0 Å². The zero-order chi connectivity index (χ0) is 15.5. The molecule has 0 unspecified atom stereocenters. The van der Waals surface area contributed by atoms with E-state index in [-0.39, 0.29) is 11.7 Å². The Kier molecular flexibility index (Phi) is 5.02. The van der Waals surface area contributed by atoms with Crippen molar-refractivity contribution in [1.29, 1.82) is 0 Å². The van der Waals surface area contributed by atoms with Crippen molar-refractivity contribution in [2.24, 2.45) is 0 Å². The monoisotopic (exact) mass is 292 g/mol. The average Bonchev–Trinajstić information content (AvgIpc) is 2.50. The van der Waals surface area contributed by atoms with E-state index in [0.29, 0.717) is 18.4 Å². The van der Waals surface area contributed by atoms with E-state index in [1.54, 1.807) is 0 Å². The third-order valence-corrected chi connectivity index (χ3v) is 5.09. The summed E-state index contributed by atoms with van der Waals surface area (Å²) in [5.74, 6) is -0.838. The number of carboxylic acid groups (broad SMARTS) is 1. The normalized spacial score (nSPS) is 17.9. The maximum absolute atomic E-state index is 14.5. The molecule has 0 spiro atoms. The summed E-state index contributed by atoms with van der Waals surface area (Å²) in [5, 5.41) is 9.68. The lowest BCUT2D eigenvalue weighted by molar-refractivity contribution is -0.145. The Balaban J connectivity index is 2.40. The molecule has 1 saturated carbocycles. The molecule has 1 aliphatic carbocycles. The van der Waals surface area contributed by atoms with E-state index < -0.39 is 11.4 Å². The lowest BCUT2D eigenvalue weighted by atomic mass is 9.69. The van der Waals surface area contributed by atoms with Crippen molar-refractivity contribution in [3.8, 4) is 0 Å². The van der Waals surface area contributed by atoms with Crippen molar-refractivity contribution in [3.05, 3.63) is 35.1 Å². The van der Waals surface area contributed by atoms with Crippen LogP contribution in [-0.4, -0.2) is 11.1 Å². The van der Waals surface area contributed by atoms with Crippen LogP contribution in [0.3, 0.4) is 0 Å². The summed E-state index contributed by atoms with van der Waals surface area (Å²) in [6, 6.07) is 5.13. The SMILES string of the molecule is CCC(CC)c1ccc(C2(C(=O)O)CCCCC2)cc1F. The first-order chi connectivity index (χ1) is 10.0. The van der Waals surface area contributed by atoms with E-state index in [0.717, 1.165) is 37.7 Å². The third kappa shape index (κ3) is 2.97. The molecule has 1 fully saturated rings. The number of halogens is 1. The highest BCUT2D eigenvalue weighted by Gasteiger charge is 2.41. The van der Waals surface area contributed by atoms with Crippen LogP contribution in [0.25, 0.3) is 0 Å². The molecule has 0 aliphatic heterocycles. The number of hydrogen-bond donors (Lipinski definition) is 1. The van der Waals surface area contributed by atoms with E-state index in [2.05, 4.69) is 13.8 Å². The summed E-state index contributed by atoms with van der Waals surface area (Å²) in [5.41, 5.74) is 0.480. The Labute approximate surface area is 126 Å². The molecule has 1 aromatic rings. The second-order valence-electron chi connectivity index (χ2n) is 6.20. The molecule has 0 atom stereocenters. The molecule has 0 amide bonds. The Hall–Kier alpha value is -1.38. The van der Waals surface area contributed by atoms with Crippen molar-refractivity contribution < 1.29 is 14.3 Å². The van der Waals surface area contributed by atoms with E-state index in [1.807, 2.05) is 12.1 Å². The number of hydrogen-bond acceptors (Lipinski definition) is 1. The van der Waals surface area contributed by atoms with Gasteiger partial charge >= 0.3 is 5.97 Å². The molecule has 1 N–H and O–H groups in total. The van der Waals surface area contributed by atoms with E-state index >= 15 is 0 Å². The standard InChI is InChI=1S/C18H25FO2/c1-3-13(4-2)15-9-8-14(12-16(15)19)18(17(20)21)10-6-5-7-11-18/h8-9,12-13H,3-7,10-11H2,1-2H3,(H,20,21). The van der Waals surface area contributed by atoms with E-state index in [1.165, 1.54) is 6.07 Å². The van der Waals surface area contributed by atoms with Gasteiger partial charge in [-0.25, -0.2) is 4.39 Å². The molecule has 0 bridgehead atoms.